The van der Waals surface area contributed by atoms with E-state index in [0.717, 1.165) is 25.7 Å². The summed E-state index contributed by atoms with van der Waals surface area (Å²) in [5, 5.41) is 2.99. The summed E-state index contributed by atoms with van der Waals surface area (Å²) >= 11 is 0. The highest BCUT2D eigenvalue weighted by atomic mass is 32.2. The van der Waals surface area contributed by atoms with E-state index in [2.05, 4.69) is 5.32 Å². The van der Waals surface area contributed by atoms with Gasteiger partial charge in [-0.15, -0.1) is 0 Å². The molecule has 1 aliphatic heterocycles. The molecule has 1 heterocycles. The van der Waals surface area contributed by atoms with E-state index in [1.807, 2.05) is 6.07 Å². The van der Waals surface area contributed by atoms with Gasteiger partial charge in [0, 0.05) is 25.6 Å². The van der Waals surface area contributed by atoms with Crippen molar-refractivity contribution in [2.24, 2.45) is 11.8 Å². The Hall–Kier alpha value is -1.40. The first-order valence-corrected chi connectivity index (χ1v) is 9.34. The smallest absolute Gasteiger partial charge is 0.243 e. The number of amides is 1. The van der Waals surface area contributed by atoms with Gasteiger partial charge in [-0.05, 0) is 43.7 Å². The SMILES string of the molecule is O=C(NCC1CCN(S(=O)(=O)c2ccccc2)CC1)C1CC1. The van der Waals surface area contributed by atoms with Crippen molar-refractivity contribution >= 4 is 15.9 Å². The second-order valence-electron chi connectivity index (χ2n) is 6.18. The number of benzene rings is 1. The summed E-state index contributed by atoms with van der Waals surface area (Å²) in [5.41, 5.74) is 0. The van der Waals surface area contributed by atoms with Gasteiger partial charge in [-0.2, -0.15) is 4.31 Å². The standard InChI is InChI=1S/C16H22N2O3S/c19-16(14-6-7-14)17-12-13-8-10-18(11-9-13)22(20,21)15-4-2-1-3-5-15/h1-5,13-14H,6-12H2,(H,17,19). The second-order valence-corrected chi connectivity index (χ2v) is 8.12. The summed E-state index contributed by atoms with van der Waals surface area (Å²) in [5.74, 6) is 0.780. The average molecular weight is 322 g/mol. The quantitative estimate of drug-likeness (QED) is 0.896. The predicted molar refractivity (Wildman–Crippen MR) is 83.7 cm³/mol. The van der Waals surface area contributed by atoms with Crippen LogP contribution in [0.4, 0.5) is 0 Å². The van der Waals surface area contributed by atoms with Crippen LogP contribution in [0, 0.1) is 11.8 Å². The van der Waals surface area contributed by atoms with Crippen LogP contribution in [0.3, 0.4) is 0 Å². The number of hydrogen-bond acceptors (Lipinski definition) is 3. The number of carbonyl (C=O) groups is 1. The molecule has 0 aromatic heterocycles. The molecule has 2 fully saturated rings. The van der Waals surface area contributed by atoms with Crippen molar-refractivity contribution < 1.29 is 13.2 Å². The Bertz CT molecular complexity index is 618. The van der Waals surface area contributed by atoms with Gasteiger partial charge in [0.15, 0.2) is 0 Å². The number of piperidine rings is 1. The zero-order chi connectivity index (χ0) is 15.6. The van der Waals surface area contributed by atoms with Gasteiger partial charge in [0.2, 0.25) is 15.9 Å². The highest BCUT2D eigenvalue weighted by Crippen LogP contribution is 2.29. The Morgan fingerprint density at radius 1 is 1.09 bits per heavy atom. The number of rotatable bonds is 5. The molecular formula is C16H22N2O3S. The van der Waals surface area contributed by atoms with E-state index in [0.29, 0.717) is 30.4 Å². The zero-order valence-electron chi connectivity index (χ0n) is 12.6. The number of carbonyl (C=O) groups excluding carboxylic acids is 1. The third kappa shape index (κ3) is 3.50. The van der Waals surface area contributed by atoms with E-state index < -0.39 is 10.0 Å². The Balaban J connectivity index is 1.52. The molecule has 0 bridgehead atoms. The molecule has 2 aliphatic rings. The van der Waals surface area contributed by atoms with E-state index in [1.54, 1.807) is 28.6 Å². The van der Waals surface area contributed by atoms with Crippen LogP contribution in [0.1, 0.15) is 25.7 Å². The summed E-state index contributed by atoms with van der Waals surface area (Å²) in [4.78, 5) is 12.0. The Kier molecular flexibility index (Phi) is 4.49. The van der Waals surface area contributed by atoms with Crippen molar-refractivity contribution in [2.45, 2.75) is 30.6 Å². The summed E-state index contributed by atoms with van der Waals surface area (Å²) in [6.07, 6.45) is 3.63. The molecule has 22 heavy (non-hydrogen) atoms. The van der Waals surface area contributed by atoms with Crippen LogP contribution >= 0.6 is 0 Å². The fraction of sp³-hybridized carbons (Fsp3) is 0.562. The molecular weight excluding hydrogens is 300 g/mol. The lowest BCUT2D eigenvalue weighted by Gasteiger charge is -2.31. The predicted octanol–water partition coefficient (Wildman–Crippen LogP) is 1.61. The third-order valence-electron chi connectivity index (χ3n) is 4.47. The zero-order valence-corrected chi connectivity index (χ0v) is 13.4. The van der Waals surface area contributed by atoms with E-state index in [1.165, 1.54) is 0 Å². The molecule has 1 N–H and O–H groups in total. The topological polar surface area (TPSA) is 66.5 Å². The Morgan fingerprint density at radius 3 is 2.32 bits per heavy atom. The average Bonchev–Trinajstić information content (AvgIpc) is 3.39. The first kappa shape index (κ1) is 15.5. The molecule has 1 amide bonds. The monoisotopic (exact) mass is 322 g/mol. The van der Waals surface area contributed by atoms with E-state index in [9.17, 15) is 13.2 Å². The Labute approximate surface area is 131 Å². The maximum Gasteiger partial charge on any atom is 0.243 e. The van der Waals surface area contributed by atoms with Gasteiger partial charge in [-0.1, -0.05) is 18.2 Å². The highest BCUT2D eigenvalue weighted by molar-refractivity contribution is 7.89. The summed E-state index contributed by atoms with van der Waals surface area (Å²) < 4.78 is 26.6. The van der Waals surface area contributed by atoms with Crippen LogP contribution in [0.25, 0.3) is 0 Å². The molecule has 1 saturated heterocycles. The van der Waals surface area contributed by atoms with Crippen LogP contribution in [0.2, 0.25) is 0 Å². The fourth-order valence-electron chi connectivity index (χ4n) is 2.83. The number of nitrogens with one attached hydrogen (secondary N) is 1. The van der Waals surface area contributed by atoms with Crippen molar-refractivity contribution in [3.8, 4) is 0 Å². The number of sulfonamides is 1. The Morgan fingerprint density at radius 2 is 1.73 bits per heavy atom. The lowest BCUT2D eigenvalue weighted by atomic mass is 9.98. The molecule has 1 aliphatic carbocycles. The normalized spacial score (nSPS) is 20.7. The molecule has 120 valence electrons. The maximum absolute atomic E-state index is 12.5. The number of hydrogen-bond donors (Lipinski definition) is 1. The molecule has 1 aromatic rings. The third-order valence-corrected chi connectivity index (χ3v) is 6.38. The van der Waals surface area contributed by atoms with Crippen LogP contribution in [-0.2, 0) is 14.8 Å². The molecule has 3 rings (SSSR count). The van der Waals surface area contributed by atoms with Crippen LogP contribution in [0.5, 0.6) is 0 Å². The van der Waals surface area contributed by atoms with Gasteiger partial charge >= 0.3 is 0 Å². The first-order chi connectivity index (χ1) is 10.6. The van der Waals surface area contributed by atoms with Gasteiger partial charge in [0.1, 0.15) is 0 Å². The van der Waals surface area contributed by atoms with Crippen molar-refractivity contribution in [1.29, 1.82) is 0 Å². The minimum absolute atomic E-state index is 0.166. The maximum atomic E-state index is 12.5. The summed E-state index contributed by atoms with van der Waals surface area (Å²) in [7, 11) is -3.37. The molecule has 0 radical (unpaired) electrons. The molecule has 0 spiro atoms. The highest BCUT2D eigenvalue weighted by Gasteiger charge is 2.32. The molecule has 0 atom stereocenters. The minimum atomic E-state index is -3.37. The first-order valence-electron chi connectivity index (χ1n) is 7.90. The molecule has 1 saturated carbocycles. The van der Waals surface area contributed by atoms with Gasteiger partial charge in [-0.3, -0.25) is 4.79 Å². The molecule has 6 heteroatoms. The summed E-state index contributed by atoms with van der Waals surface area (Å²) in [6, 6.07) is 8.57. The van der Waals surface area contributed by atoms with E-state index in [-0.39, 0.29) is 11.8 Å². The van der Waals surface area contributed by atoms with Crippen LogP contribution in [-0.4, -0.2) is 38.3 Å². The van der Waals surface area contributed by atoms with Gasteiger partial charge in [-0.25, -0.2) is 8.42 Å². The van der Waals surface area contributed by atoms with Crippen molar-refractivity contribution in [3.63, 3.8) is 0 Å². The van der Waals surface area contributed by atoms with Crippen molar-refractivity contribution in [1.82, 2.24) is 9.62 Å². The van der Waals surface area contributed by atoms with Gasteiger partial charge in [0.25, 0.3) is 0 Å². The second kappa shape index (κ2) is 6.38. The lowest BCUT2D eigenvalue weighted by Crippen LogP contribution is -2.41. The van der Waals surface area contributed by atoms with Gasteiger partial charge < -0.3 is 5.32 Å². The fourth-order valence-corrected chi connectivity index (χ4v) is 4.32. The number of nitrogens with zero attached hydrogens (tertiary/aromatic N) is 1. The van der Waals surface area contributed by atoms with E-state index >= 15 is 0 Å². The molecule has 1 aromatic carbocycles. The van der Waals surface area contributed by atoms with Gasteiger partial charge in [0.05, 0.1) is 4.90 Å². The lowest BCUT2D eigenvalue weighted by molar-refractivity contribution is -0.122. The molecule has 0 unspecified atom stereocenters. The largest absolute Gasteiger partial charge is 0.356 e. The molecule has 5 nitrogen and oxygen atoms in total. The summed E-state index contributed by atoms with van der Waals surface area (Å²) in [6.45, 7) is 1.73. The minimum Gasteiger partial charge on any atom is -0.356 e. The van der Waals surface area contributed by atoms with E-state index in [4.69, 9.17) is 0 Å². The van der Waals surface area contributed by atoms with Crippen molar-refractivity contribution in [2.75, 3.05) is 19.6 Å². The van der Waals surface area contributed by atoms with Crippen LogP contribution < -0.4 is 5.32 Å². The van der Waals surface area contributed by atoms with Crippen LogP contribution in [0.15, 0.2) is 35.2 Å². The van der Waals surface area contributed by atoms with Crippen molar-refractivity contribution in [3.05, 3.63) is 30.3 Å².